The maximum Gasteiger partial charge on any atom is 0.171 e. The van der Waals surface area contributed by atoms with Crippen LogP contribution in [0.1, 0.15) is 53.7 Å². The highest BCUT2D eigenvalue weighted by Crippen LogP contribution is 2.36. The van der Waals surface area contributed by atoms with E-state index in [1.54, 1.807) is 0 Å². The summed E-state index contributed by atoms with van der Waals surface area (Å²) in [6.07, 6.45) is 0.406. The Morgan fingerprint density at radius 1 is 1.00 bits per heavy atom. The van der Waals surface area contributed by atoms with Gasteiger partial charge < -0.3 is 4.74 Å². The topological polar surface area (TPSA) is 26.3 Å². The van der Waals surface area contributed by atoms with Gasteiger partial charge in [0.15, 0.2) is 5.78 Å². The minimum absolute atomic E-state index is 0.136. The van der Waals surface area contributed by atoms with Gasteiger partial charge in [0.25, 0.3) is 0 Å². The van der Waals surface area contributed by atoms with Gasteiger partial charge in [0, 0.05) is 12.0 Å². The van der Waals surface area contributed by atoms with Crippen LogP contribution >= 0.6 is 0 Å². The summed E-state index contributed by atoms with van der Waals surface area (Å²) in [7, 11) is 0. The van der Waals surface area contributed by atoms with Crippen LogP contribution in [0.3, 0.4) is 0 Å². The number of hydrogen-bond donors (Lipinski definition) is 0. The molecule has 1 aliphatic heterocycles. The van der Waals surface area contributed by atoms with E-state index in [1.165, 1.54) is 5.56 Å². The normalized spacial score (nSPS) is 14.9. The van der Waals surface area contributed by atoms with Crippen LogP contribution in [0.25, 0.3) is 0 Å². The zero-order valence-electron chi connectivity index (χ0n) is 13.6. The highest BCUT2D eigenvalue weighted by atomic mass is 16.5. The molecular weight excluding hydrogens is 272 g/mol. The molecule has 0 fully saturated rings. The summed E-state index contributed by atoms with van der Waals surface area (Å²) in [6, 6.07) is 12.0. The van der Waals surface area contributed by atoms with Crippen molar-refractivity contribution in [3.63, 3.8) is 0 Å². The van der Waals surface area contributed by atoms with E-state index in [1.807, 2.05) is 37.3 Å². The molecule has 0 saturated carbocycles. The Morgan fingerprint density at radius 3 is 2.45 bits per heavy atom. The molecule has 0 N–H and O–H groups in total. The van der Waals surface area contributed by atoms with Crippen molar-refractivity contribution >= 4 is 5.78 Å². The van der Waals surface area contributed by atoms with E-state index in [-0.39, 0.29) is 5.78 Å². The van der Waals surface area contributed by atoms with Gasteiger partial charge in [-0.3, -0.25) is 4.79 Å². The molecule has 0 aliphatic carbocycles. The van der Waals surface area contributed by atoms with Crippen LogP contribution in [0.5, 0.6) is 11.5 Å². The smallest absolute Gasteiger partial charge is 0.171 e. The highest BCUT2D eigenvalue weighted by molar-refractivity contribution is 6.01. The van der Waals surface area contributed by atoms with Gasteiger partial charge in [-0.1, -0.05) is 44.5 Å². The molecule has 0 spiro atoms. The van der Waals surface area contributed by atoms with Gasteiger partial charge in [0.05, 0.1) is 5.56 Å². The Labute approximate surface area is 132 Å². The van der Waals surface area contributed by atoms with Crippen LogP contribution in [-0.2, 0) is 6.42 Å². The third-order valence-corrected chi connectivity index (χ3v) is 4.62. The number of carbonyl (C=O) groups is 1. The fourth-order valence-corrected chi connectivity index (χ4v) is 2.86. The summed E-state index contributed by atoms with van der Waals surface area (Å²) >= 11 is 0. The number of carbonyl (C=O) groups excluding carboxylic acids is 1. The molecule has 3 rings (SSSR count). The van der Waals surface area contributed by atoms with Crippen molar-refractivity contribution in [2.24, 2.45) is 5.92 Å². The van der Waals surface area contributed by atoms with Gasteiger partial charge in [0.2, 0.25) is 0 Å². The third kappa shape index (κ3) is 2.66. The first-order chi connectivity index (χ1) is 10.5. The minimum Gasteiger partial charge on any atom is -0.456 e. The van der Waals surface area contributed by atoms with E-state index in [0.29, 0.717) is 29.6 Å². The number of ketones is 1. The second-order valence-corrected chi connectivity index (χ2v) is 6.60. The molecule has 1 aliphatic rings. The number of fused-ring (bicyclic) bond motifs is 2. The van der Waals surface area contributed by atoms with Crippen molar-refractivity contribution in [3.8, 4) is 11.5 Å². The highest BCUT2D eigenvalue weighted by Gasteiger charge is 2.23. The second-order valence-electron chi connectivity index (χ2n) is 6.60. The molecule has 2 nitrogen and oxygen atoms in total. The number of hydrogen-bond acceptors (Lipinski definition) is 2. The van der Waals surface area contributed by atoms with E-state index < -0.39 is 0 Å². The summed E-state index contributed by atoms with van der Waals surface area (Å²) in [5, 5.41) is 0. The first-order valence-corrected chi connectivity index (χ1v) is 7.90. The quantitative estimate of drug-likeness (QED) is 0.752. The van der Waals surface area contributed by atoms with Gasteiger partial charge in [-0.05, 0) is 42.5 Å². The Kier molecular flexibility index (Phi) is 3.78. The minimum atomic E-state index is 0.136. The molecule has 2 aromatic carbocycles. The Bertz CT molecular complexity index is 728. The van der Waals surface area contributed by atoms with Crippen LogP contribution < -0.4 is 4.74 Å². The standard InChI is InChI=1S/C20H22O2/c1-12(2)14(4)15-6-8-20-17(10-15)18(21)11-16-9-13(3)5-7-19(16)22-20/h5-10,12,14H,11H2,1-4H3. The number of benzene rings is 2. The van der Waals surface area contributed by atoms with Gasteiger partial charge in [-0.15, -0.1) is 0 Å². The maximum atomic E-state index is 12.6. The van der Waals surface area contributed by atoms with Gasteiger partial charge in [-0.2, -0.15) is 0 Å². The van der Waals surface area contributed by atoms with Gasteiger partial charge >= 0.3 is 0 Å². The van der Waals surface area contributed by atoms with Crippen molar-refractivity contribution in [1.82, 2.24) is 0 Å². The fraction of sp³-hybridized carbons (Fsp3) is 0.350. The first-order valence-electron chi connectivity index (χ1n) is 7.90. The predicted octanol–water partition coefficient (Wildman–Crippen LogP) is 5.29. The number of ether oxygens (including phenoxy) is 1. The molecule has 1 heterocycles. The second kappa shape index (κ2) is 5.60. The molecule has 0 saturated heterocycles. The number of aryl methyl sites for hydroxylation is 1. The largest absolute Gasteiger partial charge is 0.456 e. The van der Waals surface area contributed by atoms with Crippen LogP contribution in [-0.4, -0.2) is 5.78 Å². The lowest BCUT2D eigenvalue weighted by atomic mass is 9.88. The number of Topliss-reactive ketones (excluding diaryl/α,β-unsaturated/α-hetero) is 1. The van der Waals surface area contributed by atoms with Gasteiger partial charge in [-0.25, -0.2) is 0 Å². The number of rotatable bonds is 2. The molecule has 2 aromatic rings. The average Bonchev–Trinajstić information content (AvgIpc) is 2.62. The Morgan fingerprint density at radius 2 is 1.73 bits per heavy atom. The predicted molar refractivity (Wildman–Crippen MR) is 89.0 cm³/mol. The molecular formula is C20H22O2. The van der Waals surface area contributed by atoms with E-state index in [4.69, 9.17) is 4.74 Å². The van der Waals surface area contributed by atoms with E-state index in [0.717, 1.165) is 16.9 Å². The molecule has 22 heavy (non-hydrogen) atoms. The molecule has 114 valence electrons. The molecule has 2 heteroatoms. The summed E-state index contributed by atoms with van der Waals surface area (Å²) < 4.78 is 6.00. The molecule has 0 amide bonds. The average molecular weight is 294 g/mol. The first kappa shape index (κ1) is 14.8. The summed E-state index contributed by atoms with van der Waals surface area (Å²) in [4.78, 5) is 12.6. The summed E-state index contributed by atoms with van der Waals surface area (Å²) in [5.41, 5.74) is 4.03. The monoisotopic (exact) mass is 294 g/mol. The molecule has 1 atom stereocenters. The van der Waals surface area contributed by atoms with E-state index >= 15 is 0 Å². The Hall–Kier alpha value is -2.09. The van der Waals surface area contributed by atoms with Crippen molar-refractivity contribution in [2.75, 3.05) is 0 Å². The van der Waals surface area contributed by atoms with Crippen LogP contribution in [0.15, 0.2) is 36.4 Å². The third-order valence-electron chi connectivity index (χ3n) is 4.62. The zero-order chi connectivity index (χ0) is 15.9. The molecule has 0 aromatic heterocycles. The van der Waals surface area contributed by atoms with Crippen molar-refractivity contribution in [1.29, 1.82) is 0 Å². The maximum absolute atomic E-state index is 12.6. The van der Waals surface area contributed by atoms with Crippen LogP contribution in [0.4, 0.5) is 0 Å². The SMILES string of the molecule is Cc1ccc2c(c1)CC(=O)c1cc(C(C)C(C)C)ccc1O2. The Balaban J connectivity index is 2.04. The fourth-order valence-electron chi connectivity index (χ4n) is 2.86. The van der Waals surface area contributed by atoms with Crippen LogP contribution in [0, 0.1) is 12.8 Å². The van der Waals surface area contributed by atoms with E-state index in [2.05, 4.69) is 26.8 Å². The summed E-state index contributed by atoms with van der Waals surface area (Å²) in [6.45, 7) is 8.64. The molecule has 1 unspecified atom stereocenters. The van der Waals surface area contributed by atoms with Crippen molar-refractivity contribution < 1.29 is 9.53 Å². The summed E-state index contributed by atoms with van der Waals surface area (Å²) in [5.74, 6) is 2.57. The molecule has 0 bridgehead atoms. The zero-order valence-corrected chi connectivity index (χ0v) is 13.6. The van der Waals surface area contributed by atoms with E-state index in [9.17, 15) is 4.79 Å². The molecule has 0 radical (unpaired) electrons. The van der Waals surface area contributed by atoms with Crippen molar-refractivity contribution in [3.05, 3.63) is 58.7 Å². The van der Waals surface area contributed by atoms with Gasteiger partial charge in [0.1, 0.15) is 11.5 Å². The lowest BCUT2D eigenvalue weighted by Crippen LogP contribution is -2.06. The van der Waals surface area contributed by atoms with Crippen LogP contribution in [0.2, 0.25) is 0 Å². The lowest BCUT2D eigenvalue weighted by molar-refractivity contribution is 0.0993. The van der Waals surface area contributed by atoms with Crippen molar-refractivity contribution in [2.45, 2.75) is 40.0 Å². The lowest BCUT2D eigenvalue weighted by Gasteiger charge is -2.17.